The van der Waals surface area contributed by atoms with Crippen LogP contribution in [-0.2, 0) is 9.84 Å². The van der Waals surface area contributed by atoms with Crippen LogP contribution in [0.3, 0.4) is 0 Å². The molecule has 3 nitrogen and oxygen atoms in total. The van der Waals surface area contributed by atoms with Crippen LogP contribution in [0.5, 0.6) is 0 Å². The van der Waals surface area contributed by atoms with E-state index >= 15 is 0 Å². The molecule has 0 bridgehead atoms. The maximum atomic E-state index is 13.3. The number of hydrogen-bond donors (Lipinski definition) is 1. The fraction of sp³-hybridized carbons (Fsp3) is 0.500. The second kappa shape index (κ2) is 4.38. The Balaban J connectivity index is 2.20. The van der Waals surface area contributed by atoms with Gasteiger partial charge in [0.05, 0.1) is 17.6 Å². The van der Waals surface area contributed by atoms with Crippen LogP contribution in [-0.4, -0.2) is 25.0 Å². The molecule has 1 aliphatic rings. The predicted octanol–water partition coefficient (Wildman–Crippen LogP) is 1.60. The SMILES string of the molecule is Cc1ccc(C(O)C2CCS(=O)(=O)C2)cc1F. The van der Waals surface area contributed by atoms with Gasteiger partial charge in [0, 0.05) is 5.92 Å². The van der Waals surface area contributed by atoms with Crippen LogP contribution in [0.4, 0.5) is 4.39 Å². The number of benzene rings is 1. The van der Waals surface area contributed by atoms with Gasteiger partial charge in [-0.2, -0.15) is 0 Å². The summed E-state index contributed by atoms with van der Waals surface area (Å²) in [5.74, 6) is -0.586. The van der Waals surface area contributed by atoms with Crippen LogP contribution in [0.1, 0.15) is 23.7 Å². The van der Waals surface area contributed by atoms with E-state index in [-0.39, 0.29) is 23.2 Å². The summed E-state index contributed by atoms with van der Waals surface area (Å²) in [7, 11) is -3.02. The zero-order valence-corrected chi connectivity index (χ0v) is 10.4. The van der Waals surface area contributed by atoms with Gasteiger partial charge in [-0.3, -0.25) is 0 Å². The predicted molar refractivity (Wildman–Crippen MR) is 62.9 cm³/mol. The van der Waals surface area contributed by atoms with E-state index < -0.39 is 15.9 Å². The fourth-order valence-corrected chi connectivity index (χ4v) is 3.97. The van der Waals surface area contributed by atoms with E-state index in [1.54, 1.807) is 19.1 Å². The van der Waals surface area contributed by atoms with Crippen molar-refractivity contribution in [3.8, 4) is 0 Å². The van der Waals surface area contributed by atoms with Gasteiger partial charge >= 0.3 is 0 Å². The Morgan fingerprint density at radius 1 is 1.47 bits per heavy atom. The standard InChI is InChI=1S/C12H15FO3S/c1-8-2-3-9(6-11(8)13)12(14)10-4-5-17(15,16)7-10/h2-3,6,10,12,14H,4-5,7H2,1H3. The summed E-state index contributed by atoms with van der Waals surface area (Å²) in [5.41, 5.74) is 0.968. The summed E-state index contributed by atoms with van der Waals surface area (Å²) < 4.78 is 36.0. The van der Waals surface area contributed by atoms with Gasteiger partial charge in [0.2, 0.25) is 0 Å². The highest BCUT2D eigenvalue weighted by Crippen LogP contribution is 2.31. The number of hydrogen-bond acceptors (Lipinski definition) is 3. The third-order valence-electron chi connectivity index (χ3n) is 3.25. The van der Waals surface area contributed by atoms with Crippen molar-refractivity contribution in [1.82, 2.24) is 0 Å². The van der Waals surface area contributed by atoms with Crippen molar-refractivity contribution in [2.75, 3.05) is 11.5 Å². The molecule has 1 heterocycles. The van der Waals surface area contributed by atoms with E-state index in [0.717, 1.165) is 0 Å². The lowest BCUT2D eigenvalue weighted by molar-refractivity contribution is 0.120. The molecule has 0 saturated carbocycles. The Kier molecular flexibility index (Phi) is 3.23. The summed E-state index contributed by atoms with van der Waals surface area (Å²) in [6.07, 6.45) is -0.457. The van der Waals surface area contributed by atoms with Crippen LogP contribution in [0.2, 0.25) is 0 Å². The van der Waals surface area contributed by atoms with Crippen LogP contribution in [0.25, 0.3) is 0 Å². The van der Waals surface area contributed by atoms with Crippen molar-refractivity contribution in [3.05, 3.63) is 35.1 Å². The number of sulfone groups is 1. The Hall–Kier alpha value is -0.940. The van der Waals surface area contributed by atoms with Crippen molar-refractivity contribution in [2.24, 2.45) is 5.92 Å². The minimum Gasteiger partial charge on any atom is -0.388 e. The molecular formula is C12H15FO3S. The molecule has 5 heteroatoms. The number of rotatable bonds is 2. The molecule has 0 amide bonds. The first-order chi connectivity index (χ1) is 7.89. The molecule has 2 unspecified atom stereocenters. The molecule has 1 aromatic rings. The molecule has 0 aromatic heterocycles. The molecule has 94 valence electrons. The van der Waals surface area contributed by atoms with E-state index in [1.165, 1.54) is 6.07 Å². The van der Waals surface area contributed by atoms with Crippen molar-refractivity contribution in [3.63, 3.8) is 0 Å². The maximum Gasteiger partial charge on any atom is 0.150 e. The molecule has 1 aromatic carbocycles. The van der Waals surface area contributed by atoms with E-state index in [1.807, 2.05) is 0 Å². The molecule has 1 aliphatic heterocycles. The maximum absolute atomic E-state index is 13.3. The molecule has 1 N–H and O–H groups in total. The second-order valence-electron chi connectivity index (χ2n) is 4.62. The molecule has 0 spiro atoms. The Bertz CT molecular complexity index is 525. The quantitative estimate of drug-likeness (QED) is 0.876. The molecule has 0 aliphatic carbocycles. The first-order valence-electron chi connectivity index (χ1n) is 5.53. The lowest BCUT2D eigenvalue weighted by atomic mass is 9.94. The molecule has 17 heavy (non-hydrogen) atoms. The van der Waals surface area contributed by atoms with Crippen molar-refractivity contribution >= 4 is 9.84 Å². The van der Waals surface area contributed by atoms with E-state index in [4.69, 9.17) is 0 Å². The topological polar surface area (TPSA) is 54.4 Å². The zero-order chi connectivity index (χ0) is 12.6. The normalized spacial score (nSPS) is 24.8. The fourth-order valence-electron chi connectivity index (χ4n) is 2.14. The summed E-state index contributed by atoms with van der Waals surface area (Å²) >= 11 is 0. The molecular weight excluding hydrogens is 243 g/mol. The van der Waals surface area contributed by atoms with Gasteiger partial charge in [-0.15, -0.1) is 0 Å². The minimum atomic E-state index is -3.02. The average molecular weight is 258 g/mol. The largest absolute Gasteiger partial charge is 0.388 e. The van der Waals surface area contributed by atoms with E-state index in [9.17, 15) is 17.9 Å². The summed E-state index contributed by atoms with van der Waals surface area (Å²) in [6, 6.07) is 4.52. The van der Waals surface area contributed by atoms with Crippen LogP contribution in [0.15, 0.2) is 18.2 Å². The molecule has 2 rings (SSSR count). The summed E-state index contributed by atoms with van der Waals surface area (Å²) in [6.45, 7) is 1.64. The molecule has 2 atom stereocenters. The van der Waals surface area contributed by atoms with Crippen LogP contribution in [0, 0.1) is 18.7 Å². The monoisotopic (exact) mass is 258 g/mol. The van der Waals surface area contributed by atoms with Crippen molar-refractivity contribution in [2.45, 2.75) is 19.4 Å². The number of aryl methyl sites for hydroxylation is 1. The van der Waals surface area contributed by atoms with Crippen LogP contribution < -0.4 is 0 Å². The summed E-state index contributed by atoms with van der Waals surface area (Å²) in [5, 5.41) is 10.0. The van der Waals surface area contributed by atoms with Crippen LogP contribution >= 0.6 is 0 Å². The van der Waals surface area contributed by atoms with Gasteiger partial charge in [-0.05, 0) is 30.5 Å². The highest BCUT2D eigenvalue weighted by molar-refractivity contribution is 7.91. The lowest BCUT2D eigenvalue weighted by Crippen LogP contribution is -2.14. The molecule has 0 radical (unpaired) electrons. The third kappa shape index (κ3) is 2.66. The van der Waals surface area contributed by atoms with Gasteiger partial charge in [0.25, 0.3) is 0 Å². The van der Waals surface area contributed by atoms with Gasteiger partial charge in [0.15, 0.2) is 9.84 Å². The van der Waals surface area contributed by atoms with E-state index in [0.29, 0.717) is 17.5 Å². The third-order valence-corrected chi connectivity index (χ3v) is 5.05. The first-order valence-corrected chi connectivity index (χ1v) is 7.36. The second-order valence-corrected chi connectivity index (χ2v) is 6.85. The average Bonchev–Trinajstić information content (AvgIpc) is 2.62. The Morgan fingerprint density at radius 3 is 2.71 bits per heavy atom. The van der Waals surface area contributed by atoms with Gasteiger partial charge in [0.1, 0.15) is 5.82 Å². The first kappa shape index (κ1) is 12.5. The van der Waals surface area contributed by atoms with E-state index in [2.05, 4.69) is 0 Å². The number of aliphatic hydroxyl groups excluding tert-OH is 1. The van der Waals surface area contributed by atoms with Gasteiger partial charge in [-0.25, -0.2) is 12.8 Å². The highest BCUT2D eigenvalue weighted by atomic mass is 32.2. The number of halogens is 1. The Morgan fingerprint density at radius 2 is 2.18 bits per heavy atom. The van der Waals surface area contributed by atoms with Crippen molar-refractivity contribution in [1.29, 1.82) is 0 Å². The smallest absolute Gasteiger partial charge is 0.150 e. The molecule has 1 saturated heterocycles. The number of aliphatic hydroxyl groups is 1. The lowest BCUT2D eigenvalue weighted by Gasteiger charge is -2.17. The summed E-state index contributed by atoms with van der Waals surface area (Å²) in [4.78, 5) is 0. The Labute approximate surface area is 100 Å². The van der Waals surface area contributed by atoms with Crippen molar-refractivity contribution < 1.29 is 17.9 Å². The highest BCUT2D eigenvalue weighted by Gasteiger charge is 2.33. The van der Waals surface area contributed by atoms with Gasteiger partial charge < -0.3 is 5.11 Å². The zero-order valence-electron chi connectivity index (χ0n) is 9.56. The van der Waals surface area contributed by atoms with Gasteiger partial charge in [-0.1, -0.05) is 12.1 Å². The minimum absolute atomic E-state index is 0.0103. The molecule has 1 fully saturated rings.